The minimum Gasteiger partial charge on any atom is -0.384 e. The van der Waals surface area contributed by atoms with E-state index in [-0.39, 0.29) is 0 Å². The van der Waals surface area contributed by atoms with Crippen LogP contribution in [0, 0.1) is 0 Å². The Morgan fingerprint density at radius 2 is 1.88 bits per heavy atom. The van der Waals surface area contributed by atoms with Gasteiger partial charge in [0.1, 0.15) is 16.7 Å². The first-order valence-corrected chi connectivity index (χ1v) is 6.50. The number of nitrogen functional groups attached to an aromatic ring is 1. The van der Waals surface area contributed by atoms with Crippen LogP contribution in [0.3, 0.4) is 0 Å². The van der Waals surface area contributed by atoms with Gasteiger partial charge in [-0.2, -0.15) is 0 Å². The molecule has 3 nitrogen and oxygen atoms in total. The highest BCUT2D eigenvalue weighted by Crippen LogP contribution is 2.39. The number of nitrogens with zero attached hydrogens (tertiary/aromatic N) is 2. The lowest BCUT2D eigenvalue weighted by Gasteiger charge is -2.04. The van der Waals surface area contributed by atoms with Gasteiger partial charge in [0.25, 0.3) is 0 Å². The summed E-state index contributed by atoms with van der Waals surface area (Å²) < 4.78 is 0. The highest BCUT2D eigenvalue weighted by molar-refractivity contribution is 7.99. The van der Waals surface area contributed by atoms with Crippen LogP contribution in [-0.2, 0) is 0 Å². The molecule has 1 aliphatic carbocycles. The molecule has 1 aliphatic rings. The highest BCUT2D eigenvalue weighted by Gasteiger charge is 2.27. The molecule has 1 saturated carbocycles. The Bertz CT molecular complexity index is 523. The Balaban J connectivity index is 1.87. The van der Waals surface area contributed by atoms with Gasteiger partial charge in [-0.1, -0.05) is 30.0 Å². The summed E-state index contributed by atoms with van der Waals surface area (Å²) in [7, 11) is 0. The summed E-state index contributed by atoms with van der Waals surface area (Å²) in [5.41, 5.74) is 5.81. The lowest BCUT2D eigenvalue weighted by Crippen LogP contribution is -1.99. The molecule has 0 atom stereocenters. The maximum Gasteiger partial charge on any atom is 0.135 e. The molecule has 2 N–H and O–H groups in total. The third kappa shape index (κ3) is 2.58. The lowest BCUT2D eigenvalue weighted by atomic mass is 10.4. The Morgan fingerprint density at radius 3 is 2.59 bits per heavy atom. The van der Waals surface area contributed by atoms with Gasteiger partial charge in [0, 0.05) is 16.9 Å². The van der Waals surface area contributed by atoms with E-state index in [1.165, 1.54) is 17.7 Å². The Kier molecular flexibility index (Phi) is 2.73. The highest BCUT2D eigenvalue weighted by atomic mass is 32.2. The van der Waals surface area contributed by atoms with Gasteiger partial charge in [-0.05, 0) is 25.0 Å². The van der Waals surface area contributed by atoms with Crippen LogP contribution in [0.1, 0.15) is 24.6 Å². The zero-order valence-corrected chi connectivity index (χ0v) is 10.2. The maximum atomic E-state index is 5.81. The van der Waals surface area contributed by atoms with Crippen molar-refractivity contribution in [2.75, 3.05) is 5.73 Å². The van der Waals surface area contributed by atoms with Crippen LogP contribution in [0.5, 0.6) is 0 Å². The first-order valence-electron chi connectivity index (χ1n) is 5.68. The molecular weight excluding hydrogens is 230 g/mol. The average Bonchev–Trinajstić information content (AvgIpc) is 3.13. The third-order valence-electron chi connectivity index (χ3n) is 2.65. The third-order valence-corrected chi connectivity index (χ3v) is 3.57. The zero-order valence-electron chi connectivity index (χ0n) is 9.34. The average molecular weight is 243 g/mol. The van der Waals surface area contributed by atoms with E-state index < -0.39 is 0 Å². The summed E-state index contributed by atoms with van der Waals surface area (Å²) in [5.74, 6) is 2.01. The van der Waals surface area contributed by atoms with Gasteiger partial charge in [0.05, 0.1) is 0 Å². The van der Waals surface area contributed by atoms with Gasteiger partial charge in [0.15, 0.2) is 0 Å². The summed E-state index contributed by atoms with van der Waals surface area (Å²) in [6.07, 6.45) is 2.39. The first-order chi connectivity index (χ1) is 8.31. The van der Waals surface area contributed by atoms with Gasteiger partial charge in [-0.25, -0.2) is 9.97 Å². The molecule has 0 bridgehead atoms. The van der Waals surface area contributed by atoms with Crippen molar-refractivity contribution in [2.24, 2.45) is 0 Å². The monoisotopic (exact) mass is 243 g/mol. The Hall–Kier alpha value is -1.55. The van der Waals surface area contributed by atoms with Crippen LogP contribution in [-0.4, -0.2) is 9.97 Å². The van der Waals surface area contributed by atoms with E-state index in [9.17, 15) is 0 Å². The Labute approximate surface area is 104 Å². The smallest absolute Gasteiger partial charge is 0.135 e. The van der Waals surface area contributed by atoms with Gasteiger partial charge in [-0.15, -0.1) is 0 Å². The molecule has 86 valence electrons. The molecule has 1 heterocycles. The summed E-state index contributed by atoms with van der Waals surface area (Å²) in [6, 6.07) is 12.0. The van der Waals surface area contributed by atoms with Crippen molar-refractivity contribution in [1.29, 1.82) is 0 Å². The van der Waals surface area contributed by atoms with Crippen molar-refractivity contribution in [2.45, 2.75) is 28.7 Å². The van der Waals surface area contributed by atoms with Gasteiger partial charge < -0.3 is 5.73 Å². The standard InChI is InChI=1S/C13H13N3S/c14-11-8-12(16-13(15-11)9-6-7-9)17-10-4-2-1-3-5-10/h1-5,8-9H,6-7H2,(H2,14,15,16). The second kappa shape index (κ2) is 4.37. The molecule has 17 heavy (non-hydrogen) atoms. The molecule has 0 amide bonds. The van der Waals surface area contributed by atoms with Crippen molar-refractivity contribution < 1.29 is 0 Å². The van der Waals surface area contributed by atoms with Crippen LogP contribution in [0.25, 0.3) is 0 Å². The number of hydrogen-bond donors (Lipinski definition) is 1. The zero-order chi connectivity index (χ0) is 11.7. The van der Waals surface area contributed by atoms with E-state index >= 15 is 0 Å². The van der Waals surface area contributed by atoms with Crippen molar-refractivity contribution in [1.82, 2.24) is 9.97 Å². The predicted molar refractivity (Wildman–Crippen MR) is 69.0 cm³/mol. The van der Waals surface area contributed by atoms with Gasteiger partial charge in [0.2, 0.25) is 0 Å². The number of rotatable bonds is 3. The van der Waals surface area contributed by atoms with E-state index in [0.717, 1.165) is 10.9 Å². The molecule has 4 heteroatoms. The molecule has 3 rings (SSSR count). The summed E-state index contributed by atoms with van der Waals surface area (Å²) >= 11 is 1.63. The second-order valence-electron chi connectivity index (χ2n) is 4.18. The minimum absolute atomic E-state index is 0.536. The normalized spacial score (nSPS) is 14.8. The lowest BCUT2D eigenvalue weighted by molar-refractivity contribution is 0.884. The molecule has 0 saturated heterocycles. The number of hydrogen-bond acceptors (Lipinski definition) is 4. The van der Waals surface area contributed by atoms with Crippen LogP contribution in [0.2, 0.25) is 0 Å². The van der Waals surface area contributed by atoms with E-state index in [2.05, 4.69) is 22.1 Å². The first kappa shape index (κ1) is 10.6. The largest absolute Gasteiger partial charge is 0.384 e. The van der Waals surface area contributed by atoms with Crippen LogP contribution in [0.4, 0.5) is 5.82 Å². The number of benzene rings is 1. The molecule has 1 aromatic heterocycles. The quantitative estimate of drug-likeness (QED) is 0.842. The topological polar surface area (TPSA) is 51.8 Å². The minimum atomic E-state index is 0.536. The molecule has 1 aromatic carbocycles. The molecule has 2 aromatic rings. The summed E-state index contributed by atoms with van der Waals surface area (Å²) in [6.45, 7) is 0. The maximum absolute atomic E-state index is 5.81. The van der Waals surface area contributed by atoms with Crippen LogP contribution >= 0.6 is 11.8 Å². The predicted octanol–water partition coefficient (Wildman–Crippen LogP) is 3.09. The fourth-order valence-electron chi connectivity index (χ4n) is 1.65. The molecule has 0 aliphatic heterocycles. The molecule has 0 radical (unpaired) electrons. The number of aromatic nitrogens is 2. The number of nitrogens with two attached hydrogens (primary N) is 1. The van der Waals surface area contributed by atoms with Crippen molar-refractivity contribution in [3.05, 3.63) is 42.2 Å². The van der Waals surface area contributed by atoms with Crippen molar-refractivity contribution in [3.63, 3.8) is 0 Å². The molecule has 0 spiro atoms. The van der Waals surface area contributed by atoms with Crippen molar-refractivity contribution >= 4 is 17.6 Å². The SMILES string of the molecule is Nc1cc(Sc2ccccc2)nc(C2CC2)n1. The van der Waals surface area contributed by atoms with E-state index in [0.29, 0.717) is 11.7 Å². The fraction of sp³-hybridized carbons (Fsp3) is 0.231. The van der Waals surface area contributed by atoms with Crippen LogP contribution < -0.4 is 5.73 Å². The Morgan fingerprint density at radius 1 is 1.12 bits per heavy atom. The fourth-order valence-corrected chi connectivity index (χ4v) is 2.50. The van der Waals surface area contributed by atoms with E-state index in [1.807, 2.05) is 24.3 Å². The van der Waals surface area contributed by atoms with Crippen LogP contribution in [0.15, 0.2) is 46.3 Å². The van der Waals surface area contributed by atoms with E-state index in [1.54, 1.807) is 11.8 Å². The van der Waals surface area contributed by atoms with Gasteiger partial charge in [-0.3, -0.25) is 0 Å². The van der Waals surface area contributed by atoms with Crippen molar-refractivity contribution in [3.8, 4) is 0 Å². The second-order valence-corrected chi connectivity index (χ2v) is 5.27. The van der Waals surface area contributed by atoms with E-state index in [4.69, 9.17) is 5.73 Å². The molecule has 0 unspecified atom stereocenters. The summed E-state index contributed by atoms with van der Waals surface area (Å²) in [5, 5.41) is 0.936. The molecule has 1 fully saturated rings. The number of anilines is 1. The molecular formula is C13H13N3S. The summed E-state index contributed by atoms with van der Waals surface area (Å²) in [4.78, 5) is 10.0. The van der Waals surface area contributed by atoms with Gasteiger partial charge >= 0.3 is 0 Å².